The number of ether oxygens (including phenoxy) is 3. The Morgan fingerprint density at radius 2 is 1.88 bits per heavy atom. The summed E-state index contributed by atoms with van der Waals surface area (Å²) in [6.45, 7) is 7.53. The van der Waals surface area contributed by atoms with Crippen LogP contribution >= 0.6 is 0 Å². The predicted octanol–water partition coefficient (Wildman–Crippen LogP) is 3.08. The molecule has 0 aromatic heterocycles. The van der Waals surface area contributed by atoms with Crippen molar-refractivity contribution in [1.29, 1.82) is 0 Å². The van der Waals surface area contributed by atoms with Crippen molar-refractivity contribution in [2.75, 3.05) is 7.11 Å². The van der Waals surface area contributed by atoms with Gasteiger partial charge in [0, 0.05) is 5.57 Å². The number of allylic oxidation sites excluding steroid dienone is 1. The highest BCUT2D eigenvalue weighted by Crippen LogP contribution is 2.68. The highest BCUT2D eigenvalue weighted by atomic mass is 16.5. The number of rotatable bonds is 5. The van der Waals surface area contributed by atoms with Crippen LogP contribution in [-0.2, 0) is 19.0 Å². The van der Waals surface area contributed by atoms with E-state index in [1.165, 1.54) is 0 Å². The molecular formula is C19H28O5. The number of hydrogen-bond donors (Lipinski definition) is 1. The van der Waals surface area contributed by atoms with Crippen LogP contribution < -0.4 is 0 Å². The first-order chi connectivity index (χ1) is 11.3. The quantitative estimate of drug-likeness (QED) is 0.782. The van der Waals surface area contributed by atoms with Crippen molar-refractivity contribution in [3.8, 4) is 0 Å². The number of Topliss-reactive ketones (excluding diaryl/α,β-unsaturated/α-hetero) is 1. The first-order valence-corrected chi connectivity index (χ1v) is 8.86. The van der Waals surface area contributed by atoms with E-state index in [1.807, 2.05) is 27.7 Å². The van der Waals surface area contributed by atoms with Crippen LogP contribution in [0, 0.1) is 11.3 Å². The fourth-order valence-corrected chi connectivity index (χ4v) is 4.80. The second-order valence-corrected chi connectivity index (χ2v) is 7.67. The molecule has 3 aliphatic rings. The van der Waals surface area contributed by atoms with Crippen molar-refractivity contribution in [3.63, 3.8) is 0 Å². The van der Waals surface area contributed by atoms with Crippen molar-refractivity contribution in [2.24, 2.45) is 11.3 Å². The van der Waals surface area contributed by atoms with Crippen molar-refractivity contribution in [1.82, 2.24) is 0 Å². The SMILES string of the molecule is CO/C=C1\C[C@@H]2CCCC23C(=O)C(OC(C)C)=C(OC(C)C)[C@@]13O. The molecule has 0 bridgehead atoms. The van der Waals surface area contributed by atoms with Gasteiger partial charge >= 0.3 is 0 Å². The lowest BCUT2D eigenvalue weighted by atomic mass is 9.70. The first kappa shape index (κ1) is 17.3. The fourth-order valence-electron chi connectivity index (χ4n) is 4.80. The molecule has 0 saturated heterocycles. The number of aliphatic hydroxyl groups is 1. The van der Waals surface area contributed by atoms with Gasteiger partial charge in [-0.1, -0.05) is 6.42 Å². The highest BCUT2D eigenvalue weighted by Gasteiger charge is 2.75. The maximum absolute atomic E-state index is 13.4. The lowest BCUT2D eigenvalue weighted by molar-refractivity contribution is -0.137. The molecule has 1 spiro atoms. The fraction of sp³-hybridized carbons (Fsp3) is 0.737. The minimum absolute atomic E-state index is 0.101. The second-order valence-electron chi connectivity index (χ2n) is 7.67. The molecule has 134 valence electrons. The number of ketones is 1. The van der Waals surface area contributed by atoms with Gasteiger partial charge in [-0.25, -0.2) is 0 Å². The smallest absolute Gasteiger partial charge is 0.211 e. The molecule has 3 aliphatic carbocycles. The molecular weight excluding hydrogens is 308 g/mol. The van der Waals surface area contributed by atoms with Crippen LogP contribution in [0.4, 0.5) is 0 Å². The van der Waals surface area contributed by atoms with Crippen molar-refractivity contribution in [2.45, 2.75) is 71.2 Å². The monoisotopic (exact) mass is 336 g/mol. The molecule has 3 atom stereocenters. The van der Waals surface area contributed by atoms with Gasteiger partial charge in [0.25, 0.3) is 0 Å². The zero-order valence-corrected chi connectivity index (χ0v) is 15.2. The summed E-state index contributed by atoms with van der Waals surface area (Å²) >= 11 is 0. The molecule has 3 rings (SSSR count). The lowest BCUT2D eigenvalue weighted by Gasteiger charge is -2.36. The summed E-state index contributed by atoms with van der Waals surface area (Å²) in [6.07, 6.45) is 4.43. The molecule has 0 aromatic carbocycles. The summed E-state index contributed by atoms with van der Waals surface area (Å²) in [4.78, 5) is 13.4. The molecule has 5 heteroatoms. The van der Waals surface area contributed by atoms with E-state index in [2.05, 4.69) is 0 Å². The van der Waals surface area contributed by atoms with E-state index >= 15 is 0 Å². The van der Waals surface area contributed by atoms with Crippen molar-refractivity contribution >= 4 is 5.78 Å². The Balaban J connectivity index is 2.20. The zero-order valence-electron chi connectivity index (χ0n) is 15.2. The van der Waals surface area contributed by atoms with Crippen molar-refractivity contribution in [3.05, 3.63) is 23.4 Å². The minimum Gasteiger partial charge on any atom is -0.504 e. The molecule has 0 aliphatic heterocycles. The molecule has 0 aromatic rings. The van der Waals surface area contributed by atoms with E-state index in [1.54, 1.807) is 13.4 Å². The van der Waals surface area contributed by atoms with Gasteiger partial charge in [-0.2, -0.15) is 0 Å². The van der Waals surface area contributed by atoms with Gasteiger partial charge in [-0.05, 0) is 52.9 Å². The molecule has 1 unspecified atom stereocenters. The van der Waals surface area contributed by atoms with E-state index in [0.29, 0.717) is 12.8 Å². The third-order valence-corrected chi connectivity index (χ3v) is 5.51. The van der Waals surface area contributed by atoms with Crippen molar-refractivity contribution < 1.29 is 24.1 Å². The Bertz CT molecular complexity index is 603. The molecule has 24 heavy (non-hydrogen) atoms. The van der Waals surface area contributed by atoms with Gasteiger partial charge in [0.05, 0.1) is 31.0 Å². The average Bonchev–Trinajstić information content (AvgIpc) is 3.05. The number of methoxy groups -OCH3 is 1. The Morgan fingerprint density at radius 1 is 1.21 bits per heavy atom. The maximum Gasteiger partial charge on any atom is 0.211 e. The van der Waals surface area contributed by atoms with E-state index < -0.39 is 11.0 Å². The highest BCUT2D eigenvalue weighted by molar-refractivity contribution is 6.05. The lowest BCUT2D eigenvalue weighted by Crippen LogP contribution is -2.48. The number of carbonyl (C=O) groups excluding carboxylic acids is 1. The predicted molar refractivity (Wildman–Crippen MR) is 88.9 cm³/mol. The Hall–Kier alpha value is -1.49. The Labute approximate surface area is 143 Å². The van der Waals surface area contributed by atoms with Crippen LogP contribution in [-0.4, -0.2) is 35.8 Å². The number of hydrogen-bond acceptors (Lipinski definition) is 5. The van der Waals surface area contributed by atoms with Crippen LogP contribution in [0.15, 0.2) is 23.4 Å². The van der Waals surface area contributed by atoms with Crippen LogP contribution in [0.2, 0.25) is 0 Å². The van der Waals surface area contributed by atoms with Crippen LogP contribution in [0.1, 0.15) is 53.4 Å². The minimum atomic E-state index is -1.45. The summed E-state index contributed by atoms with van der Waals surface area (Å²) in [5.74, 6) is 0.491. The van der Waals surface area contributed by atoms with E-state index in [9.17, 15) is 9.90 Å². The summed E-state index contributed by atoms with van der Waals surface area (Å²) in [7, 11) is 1.56. The third-order valence-electron chi connectivity index (χ3n) is 5.51. The molecule has 5 nitrogen and oxygen atoms in total. The summed E-state index contributed by atoms with van der Waals surface area (Å²) in [5, 5.41) is 11.8. The first-order valence-electron chi connectivity index (χ1n) is 8.86. The summed E-state index contributed by atoms with van der Waals surface area (Å²) in [6, 6.07) is 0. The normalized spacial score (nSPS) is 36.8. The molecule has 0 heterocycles. The standard InChI is InChI=1S/C19H28O5/c1-11(2)23-15-16(20)18-8-6-7-13(18)9-14(10-22-5)19(18,21)17(15)24-12(3)4/h10-13,21H,6-9H2,1-5H3/b14-10+/t13-,18?,19-/m0/s1. The van der Waals surface area contributed by atoms with E-state index in [0.717, 1.165) is 18.4 Å². The number of carbonyl (C=O) groups is 1. The van der Waals surface area contributed by atoms with Crippen LogP contribution in [0.25, 0.3) is 0 Å². The Morgan fingerprint density at radius 3 is 2.46 bits per heavy atom. The van der Waals surface area contributed by atoms with Gasteiger partial charge in [-0.3, -0.25) is 4.79 Å². The van der Waals surface area contributed by atoms with Gasteiger partial charge in [0.2, 0.25) is 11.5 Å². The molecule has 0 amide bonds. The van der Waals surface area contributed by atoms with Crippen LogP contribution in [0.5, 0.6) is 0 Å². The second kappa shape index (κ2) is 5.80. The van der Waals surface area contributed by atoms with E-state index in [-0.39, 0.29) is 35.4 Å². The molecule has 2 saturated carbocycles. The van der Waals surface area contributed by atoms with Gasteiger partial charge in [0.1, 0.15) is 0 Å². The van der Waals surface area contributed by atoms with Gasteiger partial charge < -0.3 is 19.3 Å². The molecule has 0 radical (unpaired) electrons. The third kappa shape index (κ3) is 2.06. The summed E-state index contributed by atoms with van der Waals surface area (Å²) in [5.41, 5.74) is -1.58. The molecule has 1 N–H and O–H groups in total. The molecule has 2 fully saturated rings. The van der Waals surface area contributed by atoms with Crippen LogP contribution in [0.3, 0.4) is 0 Å². The average molecular weight is 336 g/mol. The van der Waals surface area contributed by atoms with Gasteiger partial charge in [-0.15, -0.1) is 0 Å². The van der Waals surface area contributed by atoms with Gasteiger partial charge in [0.15, 0.2) is 11.4 Å². The van der Waals surface area contributed by atoms with E-state index in [4.69, 9.17) is 14.2 Å². The topological polar surface area (TPSA) is 65.0 Å². The summed E-state index contributed by atoms with van der Waals surface area (Å²) < 4.78 is 17.0. The Kier molecular flexibility index (Phi) is 4.19. The largest absolute Gasteiger partial charge is 0.504 e. The maximum atomic E-state index is 13.4. The zero-order chi connectivity index (χ0) is 17.7.